The standard InChI is InChI=1S/C37H41N7O3.C33H33ClN6O3.CH4/c1-25-11-13-27(14-12-25)44-34(22-32(42-44)37(2,3)4)41-36(46)39-30-15-16-31(29-10-6-5-9-28(29)30)47-24-26-17-18-38-33(21-26)40-35(45)23-43-19-7-8-20-43;1-21-9-11-23(12-10-21)40-30(18-28(39-40)33(2,3)4)38-32(42)36-26-13-14-27(25-8-6-5-7-24(25)26)43-20-22-15-16-35-29(17-22)37-31(41)19-34;/h5-6,9-18,21-22H,7-8,19-20,23-24H2,1-4H3,(H,38,40,45)(H2,39,41,46);5-18H,19-20H2,1-4H3,(H,35,37,41)(H2,36,38,42);1H4. The van der Waals surface area contributed by atoms with Gasteiger partial charge in [0.25, 0.3) is 0 Å². The molecule has 470 valence electrons. The Hall–Kier alpha value is -10.1. The molecule has 0 spiro atoms. The van der Waals surface area contributed by atoms with Gasteiger partial charge in [0, 0.05) is 56.9 Å². The average molecular weight is 1240 g/mol. The summed E-state index contributed by atoms with van der Waals surface area (Å²) in [5, 5.41) is 30.5. The highest BCUT2D eigenvalue weighted by atomic mass is 35.5. The summed E-state index contributed by atoms with van der Waals surface area (Å²) in [6.45, 7) is 19.4. The number of alkyl halides is 1. The molecule has 1 aliphatic heterocycles. The summed E-state index contributed by atoms with van der Waals surface area (Å²) in [6, 6.07) is 49.1. The van der Waals surface area contributed by atoms with Crippen molar-refractivity contribution in [2.45, 2.75) is 99.7 Å². The van der Waals surface area contributed by atoms with E-state index in [-0.39, 0.29) is 55.2 Å². The number of hydrogen-bond acceptors (Lipinski definition) is 11. The number of ether oxygens (including phenoxy) is 2. The Morgan fingerprint density at radius 2 is 0.901 bits per heavy atom. The number of carbonyl (C=O) groups is 4. The number of aromatic nitrogens is 6. The number of aryl methyl sites for hydroxylation is 2. The average Bonchev–Trinajstić information content (AvgIpc) is 1.96. The van der Waals surface area contributed by atoms with Gasteiger partial charge in [-0.2, -0.15) is 10.2 Å². The lowest BCUT2D eigenvalue weighted by atomic mass is 9.92. The molecule has 1 fully saturated rings. The molecule has 0 saturated carbocycles. The number of fused-ring (bicyclic) bond motifs is 2. The molecule has 19 nitrogen and oxygen atoms in total. The van der Waals surface area contributed by atoms with Gasteiger partial charge in [-0.1, -0.05) is 133 Å². The Kier molecular flexibility index (Phi) is 20.8. The third-order valence-corrected chi connectivity index (χ3v) is 15.2. The van der Waals surface area contributed by atoms with Crippen molar-refractivity contribution < 1.29 is 28.7 Å². The molecule has 5 heterocycles. The fraction of sp³-hybridized carbons (Fsp3) is 0.268. The van der Waals surface area contributed by atoms with Crippen LogP contribution in [0.2, 0.25) is 0 Å². The van der Waals surface area contributed by atoms with Gasteiger partial charge in [0.15, 0.2) is 0 Å². The molecule has 0 atom stereocenters. The van der Waals surface area contributed by atoms with Crippen LogP contribution in [0.5, 0.6) is 11.5 Å². The first-order valence-electron chi connectivity index (χ1n) is 29.8. The molecule has 6 amide bonds. The maximum atomic E-state index is 13.4. The summed E-state index contributed by atoms with van der Waals surface area (Å²) < 4.78 is 15.9. The van der Waals surface area contributed by atoms with Crippen molar-refractivity contribution in [1.29, 1.82) is 0 Å². The zero-order valence-corrected chi connectivity index (χ0v) is 52.5. The number of anilines is 6. The molecule has 4 aromatic heterocycles. The molecule has 10 aromatic rings. The first-order chi connectivity index (χ1) is 43.2. The van der Waals surface area contributed by atoms with Crippen LogP contribution in [0.15, 0.2) is 170 Å². The van der Waals surface area contributed by atoms with Gasteiger partial charge in [-0.15, -0.1) is 11.6 Å². The van der Waals surface area contributed by atoms with E-state index in [9.17, 15) is 19.2 Å². The van der Waals surface area contributed by atoms with Crippen molar-refractivity contribution in [2.24, 2.45) is 0 Å². The fourth-order valence-corrected chi connectivity index (χ4v) is 10.1. The highest BCUT2D eigenvalue weighted by Crippen LogP contribution is 2.35. The molecule has 0 unspecified atom stereocenters. The van der Waals surface area contributed by atoms with Gasteiger partial charge in [-0.3, -0.25) is 25.1 Å². The van der Waals surface area contributed by atoms with Gasteiger partial charge in [-0.05, 0) is 124 Å². The van der Waals surface area contributed by atoms with Gasteiger partial charge in [0.2, 0.25) is 11.8 Å². The zero-order valence-electron chi connectivity index (χ0n) is 51.8. The quantitative estimate of drug-likeness (QED) is 0.0470. The number of urea groups is 2. The van der Waals surface area contributed by atoms with Crippen molar-refractivity contribution in [3.05, 3.63) is 204 Å². The van der Waals surface area contributed by atoms with Crippen LogP contribution in [-0.4, -0.2) is 83.8 Å². The van der Waals surface area contributed by atoms with E-state index in [2.05, 4.69) is 88.3 Å². The lowest BCUT2D eigenvalue weighted by Gasteiger charge is -2.15. The lowest BCUT2D eigenvalue weighted by molar-refractivity contribution is -0.117. The number of benzene rings is 6. The predicted octanol–water partition coefficient (Wildman–Crippen LogP) is 15.3. The van der Waals surface area contributed by atoms with Crippen molar-refractivity contribution in [1.82, 2.24) is 34.4 Å². The molecular weight excluding hydrogens is 1170 g/mol. The minimum atomic E-state index is -0.393. The predicted molar refractivity (Wildman–Crippen MR) is 365 cm³/mol. The molecule has 11 rings (SSSR count). The molecule has 6 aromatic carbocycles. The third kappa shape index (κ3) is 17.0. The minimum Gasteiger partial charge on any atom is -0.488 e. The van der Waals surface area contributed by atoms with E-state index in [0.717, 1.165) is 92.5 Å². The van der Waals surface area contributed by atoms with Crippen molar-refractivity contribution in [2.75, 3.05) is 57.4 Å². The SMILES string of the molecule is C.Cc1ccc(-n2nc(C(C)(C)C)cc2NC(=O)Nc2ccc(OCc3ccnc(NC(=O)CCl)c3)c3ccccc23)cc1.Cc1ccc(-n2nc(C(C)(C)C)cc2NC(=O)Nc2ccc(OCc3ccnc(NC(=O)CN4CCCC4)c3)c3ccccc23)cc1. The van der Waals surface area contributed by atoms with Crippen LogP contribution >= 0.6 is 11.6 Å². The third-order valence-electron chi connectivity index (χ3n) is 14.9. The van der Waals surface area contributed by atoms with Gasteiger partial charge >= 0.3 is 12.1 Å². The van der Waals surface area contributed by atoms with Crippen molar-refractivity contribution in [3.8, 4) is 22.9 Å². The van der Waals surface area contributed by atoms with Crippen LogP contribution in [0.4, 0.5) is 44.2 Å². The zero-order chi connectivity index (χ0) is 63.5. The number of nitrogens with one attached hydrogen (secondary N) is 6. The number of rotatable bonds is 17. The monoisotopic (exact) mass is 1240 g/mol. The lowest BCUT2D eigenvalue weighted by Crippen LogP contribution is -2.31. The minimum absolute atomic E-state index is 0. The first-order valence-corrected chi connectivity index (χ1v) is 30.3. The molecule has 6 N–H and O–H groups in total. The number of likely N-dealkylation sites (tertiary alicyclic amines) is 1. The highest BCUT2D eigenvalue weighted by Gasteiger charge is 2.25. The Morgan fingerprint density at radius 3 is 1.31 bits per heavy atom. The van der Waals surface area contributed by atoms with E-state index in [1.807, 2.05) is 166 Å². The summed E-state index contributed by atoms with van der Waals surface area (Å²) in [5.74, 6) is 2.82. The van der Waals surface area contributed by atoms with E-state index in [4.69, 9.17) is 31.3 Å². The number of amides is 6. The number of hydrogen-bond donors (Lipinski definition) is 6. The molecule has 20 heteroatoms. The van der Waals surface area contributed by atoms with Crippen molar-refractivity contribution >= 4 is 91.7 Å². The van der Waals surface area contributed by atoms with E-state index < -0.39 is 6.03 Å². The molecule has 0 radical (unpaired) electrons. The number of pyridine rings is 2. The Bertz CT molecular complexity index is 4200. The Morgan fingerprint density at radius 1 is 0.495 bits per heavy atom. The smallest absolute Gasteiger partial charge is 0.324 e. The van der Waals surface area contributed by atoms with E-state index in [1.54, 1.807) is 27.8 Å². The van der Waals surface area contributed by atoms with Gasteiger partial charge in [0.05, 0.1) is 40.7 Å². The summed E-state index contributed by atoms with van der Waals surface area (Å²) in [7, 11) is 0. The largest absolute Gasteiger partial charge is 0.488 e. The van der Waals surface area contributed by atoms with E-state index in [1.165, 1.54) is 0 Å². The summed E-state index contributed by atoms with van der Waals surface area (Å²) in [4.78, 5) is 61.4. The second-order valence-electron chi connectivity index (χ2n) is 24.2. The number of nitrogens with zero attached hydrogens (tertiary/aromatic N) is 7. The molecule has 1 saturated heterocycles. The number of carbonyl (C=O) groups excluding carboxylic acids is 4. The van der Waals surface area contributed by atoms with Crippen LogP contribution in [0.3, 0.4) is 0 Å². The second-order valence-corrected chi connectivity index (χ2v) is 24.5. The van der Waals surface area contributed by atoms with Gasteiger partial charge in [0.1, 0.15) is 53.9 Å². The normalized spacial score (nSPS) is 12.3. The molecule has 1 aliphatic rings. The fourth-order valence-electron chi connectivity index (χ4n) is 10.1. The maximum absolute atomic E-state index is 13.4. The molecule has 0 aliphatic carbocycles. The van der Waals surface area contributed by atoms with Crippen LogP contribution in [0.1, 0.15) is 95.5 Å². The molecule has 0 bridgehead atoms. The molecular formula is C71H78ClN13O6. The highest BCUT2D eigenvalue weighted by molar-refractivity contribution is 6.29. The summed E-state index contributed by atoms with van der Waals surface area (Å²) >= 11 is 5.58. The Labute approximate surface area is 535 Å². The number of halogens is 1. The molecule has 91 heavy (non-hydrogen) atoms. The van der Waals surface area contributed by atoms with Gasteiger partial charge < -0.3 is 30.7 Å². The summed E-state index contributed by atoms with van der Waals surface area (Å²) in [5.41, 5.74) is 8.30. The van der Waals surface area contributed by atoms with Crippen LogP contribution < -0.4 is 41.4 Å². The van der Waals surface area contributed by atoms with Crippen LogP contribution in [-0.2, 0) is 33.6 Å². The first kappa shape index (κ1) is 65.3. The van der Waals surface area contributed by atoms with Gasteiger partial charge in [-0.25, -0.2) is 28.9 Å². The maximum Gasteiger partial charge on any atom is 0.324 e. The van der Waals surface area contributed by atoms with Crippen LogP contribution in [0.25, 0.3) is 32.9 Å². The van der Waals surface area contributed by atoms with Crippen molar-refractivity contribution in [3.63, 3.8) is 0 Å². The van der Waals surface area contributed by atoms with E-state index >= 15 is 0 Å². The van der Waals surface area contributed by atoms with Crippen LogP contribution in [0, 0.1) is 13.8 Å². The second kappa shape index (κ2) is 29.0. The summed E-state index contributed by atoms with van der Waals surface area (Å²) in [6.07, 6.45) is 5.54. The van der Waals surface area contributed by atoms with E-state index in [0.29, 0.717) is 52.7 Å². The Balaban J connectivity index is 0.000000214. The topological polar surface area (TPSA) is 224 Å².